The minimum atomic E-state index is -1.10. The molecule has 1 amide bonds. The Labute approximate surface area is 172 Å². The van der Waals surface area contributed by atoms with Crippen molar-refractivity contribution in [3.8, 4) is 0 Å². The number of ketones is 1. The van der Waals surface area contributed by atoms with Crippen LogP contribution in [0.2, 0.25) is 5.02 Å². The molecule has 2 aromatic carbocycles. The molecular weight excluding hydrogens is 394 g/mol. The number of nitrogens with one attached hydrogen (secondary N) is 1. The third-order valence-electron chi connectivity index (χ3n) is 4.42. The molecule has 0 aliphatic heterocycles. The topological polar surface area (TPSA) is 101 Å². The van der Waals surface area contributed by atoms with Gasteiger partial charge in [-0.05, 0) is 42.0 Å². The summed E-state index contributed by atoms with van der Waals surface area (Å²) in [7, 11) is 1.73. The molecule has 0 saturated carbocycles. The summed E-state index contributed by atoms with van der Waals surface area (Å²) in [5, 5.41) is 12.6. The molecule has 1 atom stereocenters. The first-order valence-corrected chi connectivity index (χ1v) is 9.13. The van der Waals surface area contributed by atoms with Gasteiger partial charge in [0.05, 0.1) is 5.92 Å². The van der Waals surface area contributed by atoms with Gasteiger partial charge in [-0.1, -0.05) is 23.7 Å². The lowest BCUT2D eigenvalue weighted by Gasteiger charge is -2.13. The fourth-order valence-corrected chi connectivity index (χ4v) is 2.98. The van der Waals surface area contributed by atoms with Gasteiger partial charge in [-0.15, -0.1) is 0 Å². The van der Waals surface area contributed by atoms with Crippen LogP contribution < -0.4 is 5.32 Å². The smallest absolute Gasteiger partial charge is 0.311 e. The predicted octanol–water partition coefficient (Wildman–Crippen LogP) is 3.50. The molecule has 3 rings (SSSR count). The summed E-state index contributed by atoms with van der Waals surface area (Å²) in [5.74, 6) is -2.45. The lowest BCUT2D eigenvalue weighted by molar-refractivity contribution is -0.140. The maximum Gasteiger partial charge on any atom is 0.311 e. The molecule has 29 heavy (non-hydrogen) atoms. The molecule has 0 saturated heterocycles. The highest BCUT2D eigenvalue weighted by molar-refractivity contribution is 6.30. The van der Waals surface area contributed by atoms with Crippen molar-refractivity contribution in [1.82, 2.24) is 9.55 Å². The Morgan fingerprint density at radius 2 is 1.76 bits per heavy atom. The van der Waals surface area contributed by atoms with E-state index in [1.54, 1.807) is 72.5 Å². The Morgan fingerprint density at radius 3 is 2.31 bits per heavy atom. The van der Waals surface area contributed by atoms with Gasteiger partial charge in [-0.2, -0.15) is 0 Å². The molecule has 0 spiro atoms. The fourth-order valence-electron chi connectivity index (χ4n) is 2.86. The monoisotopic (exact) mass is 411 g/mol. The summed E-state index contributed by atoms with van der Waals surface area (Å²) in [6.45, 7) is 0. The van der Waals surface area contributed by atoms with Crippen LogP contribution >= 0.6 is 11.6 Å². The van der Waals surface area contributed by atoms with Gasteiger partial charge in [0.15, 0.2) is 5.82 Å². The number of nitrogens with zero attached hydrogens (tertiary/aromatic N) is 2. The van der Waals surface area contributed by atoms with Crippen LogP contribution in [0.1, 0.15) is 34.1 Å². The van der Waals surface area contributed by atoms with Crippen LogP contribution in [-0.4, -0.2) is 32.3 Å². The molecule has 0 bridgehead atoms. The van der Waals surface area contributed by atoms with Gasteiger partial charge in [-0.3, -0.25) is 14.4 Å². The second-order valence-corrected chi connectivity index (χ2v) is 6.90. The molecule has 8 heteroatoms. The van der Waals surface area contributed by atoms with Crippen LogP contribution in [0.25, 0.3) is 0 Å². The number of carbonyl (C=O) groups excluding carboxylic acids is 2. The number of rotatable bonds is 7. The van der Waals surface area contributed by atoms with Gasteiger partial charge in [0.1, 0.15) is 0 Å². The van der Waals surface area contributed by atoms with E-state index in [0.717, 1.165) is 0 Å². The molecule has 1 unspecified atom stereocenters. The molecule has 0 aliphatic rings. The number of carbonyl (C=O) groups is 3. The second kappa shape index (κ2) is 8.70. The van der Waals surface area contributed by atoms with E-state index in [1.165, 1.54) is 0 Å². The molecule has 0 radical (unpaired) electrons. The second-order valence-electron chi connectivity index (χ2n) is 6.46. The van der Waals surface area contributed by atoms with Crippen molar-refractivity contribution in [3.63, 3.8) is 0 Å². The summed E-state index contributed by atoms with van der Waals surface area (Å²) in [6.07, 6.45) is 2.99. The van der Waals surface area contributed by atoms with Gasteiger partial charge in [0.25, 0.3) is 0 Å². The Kier molecular flexibility index (Phi) is 6.09. The van der Waals surface area contributed by atoms with E-state index in [9.17, 15) is 19.5 Å². The van der Waals surface area contributed by atoms with Crippen molar-refractivity contribution < 1.29 is 19.5 Å². The number of carboxylic acids is 1. The Morgan fingerprint density at radius 1 is 1.10 bits per heavy atom. The maximum atomic E-state index is 12.4. The number of benzene rings is 2. The first-order valence-electron chi connectivity index (χ1n) is 8.75. The zero-order valence-corrected chi connectivity index (χ0v) is 16.3. The lowest BCUT2D eigenvalue weighted by atomic mass is 9.95. The van der Waals surface area contributed by atoms with Crippen LogP contribution in [0.3, 0.4) is 0 Å². The van der Waals surface area contributed by atoms with Crippen molar-refractivity contribution in [1.29, 1.82) is 0 Å². The highest BCUT2D eigenvalue weighted by atomic mass is 35.5. The molecule has 1 aromatic heterocycles. The van der Waals surface area contributed by atoms with E-state index >= 15 is 0 Å². The van der Waals surface area contributed by atoms with Crippen molar-refractivity contribution in [2.45, 2.75) is 12.3 Å². The fraction of sp³-hybridized carbons (Fsp3) is 0.143. The van der Waals surface area contributed by atoms with E-state index in [1.807, 2.05) is 0 Å². The number of halogens is 1. The first-order chi connectivity index (χ1) is 13.8. The number of imidazole rings is 1. The summed E-state index contributed by atoms with van der Waals surface area (Å²) >= 11 is 5.83. The summed E-state index contributed by atoms with van der Waals surface area (Å²) in [5.41, 5.74) is 1.39. The van der Waals surface area contributed by atoms with E-state index in [2.05, 4.69) is 10.3 Å². The third-order valence-corrected chi connectivity index (χ3v) is 4.67. The Bertz CT molecular complexity index is 1040. The zero-order chi connectivity index (χ0) is 21.0. The van der Waals surface area contributed by atoms with Gasteiger partial charge < -0.3 is 15.0 Å². The van der Waals surface area contributed by atoms with E-state index in [-0.39, 0.29) is 12.2 Å². The van der Waals surface area contributed by atoms with E-state index in [0.29, 0.717) is 27.7 Å². The Balaban J connectivity index is 1.67. The van der Waals surface area contributed by atoms with Crippen LogP contribution in [0.4, 0.5) is 5.69 Å². The number of amides is 1. The molecular formula is C21H18ClN3O4. The molecule has 7 nitrogen and oxygen atoms in total. The third kappa shape index (κ3) is 4.89. The van der Waals surface area contributed by atoms with Crippen molar-refractivity contribution in [3.05, 3.63) is 82.9 Å². The quantitative estimate of drug-likeness (QED) is 0.579. The average Bonchev–Trinajstić information content (AvgIpc) is 3.12. The van der Waals surface area contributed by atoms with Crippen LogP contribution in [-0.2, 0) is 16.6 Å². The van der Waals surface area contributed by atoms with Crippen LogP contribution in [0, 0.1) is 0 Å². The van der Waals surface area contributed by atoms with Gasteiger partial charge in [0, 0.05) is 42.1 Å². The number of hydrogen-bond acceptors (Lipinski definition) is 4. The summed E-state index contributed by atoms with van der Waals surface area (Å²) in [4.78, 5) is 40.4. The molecule has 1 heterocycles. The van der Waals surface area contributed by atoms with Crippen LogP contribution in [0.5, 0.6) is 0 Å². The number of anilines is 1. The largest absolute Gasteiger partial charge is 0.481 e. The summed E-state index contributed by atoms with van der Waals surface area (Å²) in [6, 6.07) is 12.7. The lowest BCUT2D eigenvalue weighted by Crippen LogP contribution is -2.21. The normalized spacial score (nSPS) is 11.7. The molecule has 148 valence electrons. The molecule has 2 N–H and O–H groups in total. The van der Waals surface area contributed by atoms with Crippen molar-refractivity contribution in [2.75, 3.05) is 5.32 Å². The van der Waals surface area contributed by atoms with E-state index < -0.39 is 17.8 Å². The number of aliphatic carboxylic acids is 1. The zero-order valence-electron chi connectivity index (χ0n) is 15.5. The predicted molar refractivity (Wildman–Crippen MR) is 108 cm³/mol. The standard InChI is InChI=1S/C21H18ClN3O4/c1-25-11-10-23-20(25)19(27)14-4-8-16(9-5-14)24-18(26)12-17(21(28)29)13-2-6-15(22)7-3-13/h2-11,17H,12H2,1H3,(H,24,26)(H,28,29). The first kappa shape index (κ1) is 20.3. The number of carboxylic acid groups (broad SMARTS) is 1. The number of hydrogen-bond donors (Lipinski definition) is 2. The highest BCUT2D eigenvalue weighted by Gasteiger charge is 2.23. The van der Waals surface area contributed by atoms with Crippen molar-refractivity contribution in [2.24, 2.45) is 7.05 Å². The number of aryl methyl sites for hydroxylation is 1. The SMILES string of the molecule is Cn1ccnc1C(=O)c1ccc(NC(=O)CC(C(=O)O)c2ccc(Cl)cc2)cc1. The van der Waals surface area contributed by atoms with Crippen LogP contribution in [0.15, 0.2) is 60.9 Å². The molecule has 0 fully saturated rings. The van der Waals surface area contributed by atoms with Gasteiger partial charge in [-0.25, -0.2) is 4.98 Å². The average molecular weight is 412 g/mol. The van der Waals surface area contributed by atoms with Gasteiger partial charge in [0.2, 0.25) is 11.7 Å². The molecule has 3 aromatic rings. The highest BCUT2D eigenvalue weighted by Crippen LogP contribution is 2.23. The number of aromatic nitrogens is 2. The Hall–Kier alpha value is -3.45. The minimum Gasteiger partial charge on any atom is -0.481 e. The van der Waals surface area contributed by atoms with E-state index in [4.69, 9.17) is 11.6 Å². The minimum absolute atomic E-state index is 0.231. The van der Waals surface area contributed by atoms with Gasteiger partial charge >= 0.3 is 5.97 Å². The maximum absolute atomic E-state index is 12.4. The van der Waals surface area contributed by atoms with Crippen molar-refractivity contribution >= 4 is 34.9 Å². The molecule has 0 aliphatic carbocycles. The summed E-state index contributed by atoms with van der Waals surface area (Å²) < 4.78 is 1.63.